The van der Waals surface area contributed by atoms with Gasteiger partial charge >= 0.3 is 0 Å². The molecule has 0 aliphatic heterocycles. The molecule has 3 aromatic rings. The van der Waals surface area contributed by atoms with E-state index in [1.807, 2.05) is 12.3 Å². The summed E-state index contributed by atoms with van der Waals surface area (Å²) in [4.78, 5) is 21.3. The Hall–Kier alpha value is -2.55. The van der Waals surface area contributed by atoms with Crippen molar-refractivity contribution in [3.8, 4) is 5.95 Å². The fourth-order valence-electron chi connectivity index (χ4n) is 1.67. The van der Waals surface area contributed by atoms with Crippen LogP contribution in [0.25, 0.3) is 5.95 Å². The lowest BCUT2D eigenvalue weighted by Gasteiger charge is -2.08. The van der Waals surface area contributed by atoms with Crippen molar-refractivity contribution >= 4 is 23.2 Å². The van der Waals surface area contributed by atoms with Crippen molar-refractivity contribution in [2.24, 2.45) is 0 Å². The molecule has 0 unspecified atom stereocenters. The van der Waals surface area contributed by atoms with Gasteiger partial charge in [-0.05, 0) is 6.92 Å². The number of nitrogens with zero attached hydrogens (tertiary/aromatic N) is 6. The van der Waals surface area contributed by atoms with Crippen molar-refractivity contribution in [2.45, 2.75) is 13.5 Å². The third-order valence-electron chi connectivity index (χ3n) is 2.60. The van der Waals surface area contributed by atoms with E-state index in [1.54, 1.807) is 40.1 Å². The normalized spacial score (nSPS) is 10.5. The van der Waals surface area contributed by atoms with Gasteiger partial charge < -0.3 is 10.6 Å². The Labute approximate surface area is 125 Å². The van der Waals surface area contributed by atoms with E-state index in [-0.39, 0.29) is 0 Å². The van der Waals surface area contributed by atoms with Gasteiger partial charge in [-0.15, -0.1) is 11.3 Å². The smallest absolute Gasteiger partial charge is 0.241 e. The second-order valence-corrected chi connectivity index (χ2v) is 4.83. The molecule has 3 aromatic heterocycles. The van der Waals surface area contributed by atoms with Gasteiger partial charge in [0, 0.05) is 24.3 Å². The van der Waals surface area contributed by atoms with E-state index in [0.717, 1.165) is 12.2 Å². The SMILES string of the molecule is CCNc1nc(NCc2cscn2)nc(-n2ccnc2)n1. The third kappa shape index (κ3) is 3.31. The minimum Gasteiger partial charge on any atom is -0.354 e. The summed E-state index contributed by atoms with van der Waals surface area (Å²) in [6.45, 7) is 3.30. The Kier molecular flexibility index (Phi) is 4.01. The number of aromatic nitrogens is 6. The van der Waals surface area contributed by atoms with Crippen LogP contribution in [0.4, 0.5) is 11.9 Å². The van der Waals surface area contributed by atoms with E-state index in [0.29, 0.717) is 24.4 Å². The Morgan fingerprint density at radius 2 is 2.05 bits per heavy atom. The highest BCUT2D eigenvalue weighted by atomic mass is 32.1. The highest BCUT2D eigenvalue weighted by molar-refractivity contribution is 7.07. The van der Waals surface area contributed by atoms with Gasteiger partial charge in [-0.25, -0.2) is 9.97 Å². The lowest BCUT2D eigenvalue weighted by Crippen LogP contribution is -2.12. The third-order valence-corrected chi connectivity index (χ3v) is 3.24. The molecular formula is C12H14N8S. The summed E-state index contributed by atoms with van der Waals surface area (Å²) in [6, 6.07) is 0. The molecule has 0 fully saturated rings. The largest absolute Gasteiger partial charge is 0.354 e. The zero-order chi connectivity index (χ0) is 14.5. The summed E-state index contributed by atoms with van der Waals surface area (Å²) >= 11 is 1.56. The lowest BCUT2D eigenvalue weighted by atomic mass is 10.5. The van der Waals surface area contributed by atoms with Gasteiger partial charge in [0.05, 0.1) is 17.7 Å². The molecule has 0 saturated carbocycles. The van der Waals surface area contributed by atoms with E-state index in [2.05, 4.69) is 35.6 Å². The summed E-state index contributed by atoms with van der Waals surface area (Å²) in [6.07, 6.45) is 5.11. The highest BCUT2D eigenvalue weighted by Crippen LogP contribution is 2.10. The first kappa shape index (κ1) is 13.4. The number of nitrogens with one attached hydrogen (secondary N) is 2. The molecule has 0 saturated heterocycles. The standard InChI is InChI=1S/C12H14N8S/c1-2-14-10-17-11(15-5-9-6-21-8-16-9)19-12(18-10)20-4-3-13-7-20/h3-4,6-8H,2,5H2,1H3,(H2,14,15,17,18,19). The first-order chi connectivity index (χ1) is 10.3. The molecule has 8 nitrogen and oxygen atoms in total. The number of thiazole rings is 1. The van der Waals surface area contributed by atoms with Crippen molar-refractivity contribution < 1.29 is 0 Å². The molecular weight excluding hydrogens is 288 g/mol. The summed E-state index contributed by atoms with van der Waals surface area (Å²) < 4.78 is 1.73. The van der Waals surface area contributed by atoms with Crippen LogP contribution in [0, 0.1) is 0 Å². The van der Waals surface area contributed by atoms with Crippen LogP contribution < -0.4 is 10.6 Å². The van der Waals surface area contributed by atoms with E-state index >= 15 is 0 Å². The molecule has 0 bridgehead atoms. The summed E-state index contributed by atoms with van der Waals surface area (Å²) in [5, 5.41) is 8.23. The zero-order valence-electron chi connectivity index (χ0n) is 11.4. The fourth-order valence-corrected chi connectivity index (χ4v) is 2.23. The summed E-state index contributed by atoms with van der Waals surface area (Å²) in [5.74, 6) is 1.54. The maximum atomic E-state index is 4.38. The molecule has 3 rings (SSSR count). The number of imidazole rings is 1. The van der Waals surface area contributed by atoms with Crippen molar-refractivity contribution in [2.75, 3.05) is 17.2 Å². The maximum Gasteiger partial charge on any atom is 0.241 e. The monoisotopic (exact) mass is 302 g/mol. The molecule has 108 valence electrons. The summed E-state index contributed by atoms with van der Waals surface area (Å²) in [5.41, 5.74) is 2.75. The van der Waals surface area contributed by atoms with Gasteiger partial charge in [-0.1, -0.05) is 0 Å². The lowest BCUT2D eigenvalue weighted by molar-refractivity contribution is 0.884. The van der Waals surface area contributed by atoms with Crippen LogP contribution in [0.3, 0.4) is 0 Å². The molecule has 0 aromatic carbocycles. The second-order valence-electron chi connectivity index (χ2n) is 4.12. The minimum atomic E-state index is 0.498. The van der Waals surface area contributed by atoms with Gasteiger partial charge in [-0.3, -0.25) is 4.57 Å². The molecule has 0 amide bonds. The van der Waals surface area contributed by atoms with Crippen molar-refractivity contribution in [3.05, 3.63) is 35.3 Å². The molecule has 2 N–H and O–H groups in total. The van der Waals surface area contributed by atoms with Crippen LogP contribution in [-0.2, 0) is 6.54 Å². The maximum absolute atomic E-state index is 4.38. The van der Waals surface area contributed by atoms with E-state index < -0.39 is 0 Å². The molecule has 0 aliphatic rings. The van der Waals surface area contributed by atoms with E-state index in [4.69, 9.17) is 0 Å². The molecule has 0 spiro atoms. The van der Waals surface area contributed by atoms with Crippen LogP contribution >= 0.6 is 11.3 Å². The predicted octanol–water partition coefficient (Wildman–Crippen LogP) is 1.56. The van der Waals surface area contributed by atoms with Gasteiger partial charge in [0.2, 0.25) is 17.8 Å². The van der Waals surface area contributed by atoms with Gasteiger partial charge in [0.1, 0.15) is 6.33 Å². The van der Waals surface area contributed by atoms with Crippen LogP contribution in [0.15, 0.2) is 29.6 Å². The Morgan fingerprint density at radius 3 is 2.71 bits per heavy atom. The van der Waals surface area contributed by atoms with Gasteiger partial charge in [0.25, 0.3) is 0 Å². The average Bonchev–Trinajstić information content (AvgIpc) is 3.19. The highest BCUT2D eigenvalue weighted by Gasteiger charge is 2.07. The molecule has 21 heavy (non-hydrogen) atoms. The quantitative estimate of drug-likeness (QED) is 0.713. The summed E-state index contributed by atoms with van der Waals surface area (Å²) in [7, 11) is 0. The average molecular weight is 302 g/mol. The molecule has 0 radical (unpaired) electrons. The zero-order valence-corrected chi connectivity index (χ0v) is 12.2. The fraction of sp³-hybridized carbons (Fsp3) is 0.250. The number of hydrogen-bond donors (Lipinski definition) is 2. The number of rotatable bonds is 6. The Balaban J connectivity index is 1.84. The second kappa shape index (κ2) is 6.27. The molecule has 0 aliphatic carbocycles. The molecule has 9 heteroatoms. The topological polar surface area (TPSA) is 93.4 Å². The van der Waals surface area contributed by atoms with Gasteiger partial charge in [0.15, 0.2) is 0 Å². The van der Waals surface area contributed by atoms with Crippen LogP contribution in [0.2, 0.25) is 0 Å². The Bertz CT molecular complexity index is 679. The van der Waals surface area contributed by atoms with E-state index in [9.17, 15) is 0 Å². The van der Waals surface area contributed by atoms with Crippen molar-refractivity contribution in [1.82, 2.24) is 29.5 Å². The van der Waals surface area contributed by atoms with E-state index in [1.165, 1.54) is 0 Å². The Morgan fingerprint density at radius 1 is 1.19 bits per heavy atom. The van der Waals surface area contributed by atoms with Gasteiger partial charge in [-0.2, -0.15) is 15.0 Å². The molecule has 3 heterocycles. The van der Waals surface area contributed by atoms with Crippen LogP contribution in [0.5, 0.6) is 0 Å². The number of anilines is 2. The van der Waals surface area contributed by atoms with Crippen molar-refractivity contribution in [3.63, 3.8) is 0 Å². The van der Waals surface area contributed by atoms with Crippen LogP contribution in [-0.4, -0.2) is 36.0 Å². The number of hydrogen-bond acceptors (Lipinski definition) is 8. The van der Waals surface area contributed by atoms with Crippen molar-refractivity contribution in [1.29, 1.82) is 0 Å². The molecule has 0 atom stereocenters. The predicted molar refractivity (Wildman–Crippen MR) is 80.6 cm³/mol. The van der Waals surface area contributed by atoms with Crippen LogP contribution in [0.1, 0.15) is 12.6 Å². The minimum absolute atomic E-state index is 0.498. The first-order valence-corrected chi connectivity index (χ1v) is 7.38. The first-order valence-electron chi connectivity index (χ1n) is 6.44.